The van der Waals surface area contributed by atoms with E-state index in [1.807, 2.05) is 48.5 Å². The summed E-state index contributed by atoms with van der Waals surface area (Å²) in [5.74, 6) is 2.84. The summed E-state index contributed by atoms with van der Waals surface area (Å²) in [7, 11) is 3.45. The molecule has 0 atom stereocenters. The molecule has 1 N–H and O–H groups in total. The quantitative estimate of drug-likeness (QED) is 0.271. The van der Waals surface area contributed by atoms with Crippen LogP contribution in [-0.2, 0) is 13.6 Å². The molecule has 4 aromatic rings. The lowest BCUT2D eigenvalue weighted by atomic mass is 10.1. The Labute approximate surface area is 194 Å². The van der Waals surface area contributed by atoms with Crippen molar-refractivity contribution < 1.29 is 9.47 Å². The molecule has 0 bridgehead atoms. The van der Waals surface area contributed by atoms with E-state index in [4.69, 9.17) is 9.47 Å². The van der Waals surface area contributed by atoms with Gasteiger partial charge in [-0.2, -0.15) is 0 Å². The molecule has 0 unspecified atom stereocenters. The summed E-state index contributed by atoms with van der Waals surface area (Å²) >= 11 is 0. The lowest BCUT2D eigenvalue weighted by molar-refractivity contribution is 0.298. The molecule has 2 aromatic carbocycles. The Kier molecular flexibility index (Phi) is 6.82. The molecule has 0 aliphatic heterocycles. The van der Waals surface area contributed by atoms with E-state index in [-0.39, 0.29) is 5.56 Å². The SMILES string of the molecule is COc1ccc(CNc2nccc3c2c(=O)n(C)c2cc(OCCCC(C)C)ccc32)cc1. The number of nitrogens with zero attached hydrogens (tertiary/aromatic N) is 2. The zero-order chi connectivity index (χ0) is 23.4. The zero-order valence-corrected chi connectivity index (χ0v) is 19.7. The summed E-state index contributed by atoms with van der Waals surface area (Å²) in [6.45, 7) is 5.66. The number of benzene rings is 2. The Morgan fingerprint density at radius 1 is 1.03 bits per heavy atom. The molecule has 2 aromatic heterocycles. The van der Waals surface area contributed by atoms with Crippen LogP contribution in [-0.4, -0.2) is 23.3 Å². The van der Waals surface area contributed by atoms with Gasteiger partial charge in [0.2, 0.25) is 0 Å². The Hall–Kier alpha value is -3.54. The molecule has 172 valence electrons. The van der Waals surface area contributed by atoms with Crippen LogP contribution in [0.4, 0.5) is 5.82 Å². The third kappa shape index (κ3) is 4.95. The topological polar surface area (TPSA) is 65.4 Å². The molecule has 0 saturated heterocycles. The molecular formula is C27H31N3O3. The van der Waals surface area contributed by atoms with Crippen molar-refractivity contribution in [1.29, 1.82) is 0 Å². The molecule has 0 amide bonds. The number of hydrogen-bond donors (Lipinski definition) is 1. The van der Waals surface area contributed by atoms with E-state index in [2.05, 4.69) is 24.1 Å². The Morgan fingerprint density at radius 2 is 1.79 bits per heavy atom. The van der Waals surface area contributed by atoms with Crippen molar-refractivity contribution in [3.8, 4) is 11.5 Å². The molecular weight excluding hydrogens is 414 g/mol. The van der Waals surface area contributed by atoms with Gasteiger partial charge in [-0.05, 0) is 54.7 Å². The highest BCUT2D eigenvalue weighted by Gasteiger charge is 2.14. The van der Waals surface area contributed by atoms with Crippen LogP contribution < -0.4 is 20.3 Å². The van der Waals surface area contributed by atoms with Crippen LogP contribution in [0.15, 0.2) is 59.5 Å². The van der Waals surface area contributed by atoms with Crippen LogP contribution in [0, 0.1) is 5.92 Å². The third-order valence-corrected chi connectivity index (χ3v) is 5.90. The highest BCUT2D eigenvalue weighted by Crippen LogP contribution is 2.29. The van der Waals surface area contributed by atoms with Crippen molar-refractivity contribution >= 4 is 27.5 Å². The molecule has 0 fully saturated rings. The minimum absolute atomic E-state index is 0.0835. The fourth-order valence-corrected chi connectivity index (χ4v) is 4.03. The van der Waals surface area contributed by atoms with Crippen LogP contribution in [0.2, 0.25) is 0 Å². The number of pyridine rings is 2. The van der Waals surface area contributed by atoms with Crippen molar-refractivity contribution in [2.45, 2.75) is 33.2 Å². The number of anilines is 1. The van der Waals surface area contributed by atoms with Gasteiger partial charge in [0, 0.05) is 36.6 Å². The summed E-state index contributed by atoms with van der Waals surface area (Å²) in [5.41, 5.74) is 1.84. The Balaban J connectivity index is 1.64. The van der Waals surface area contributed by atoms with Crippen molar-refractivity contribution in [3.05, 3.63) is 70.6 Å². The van der Waals surface area contributed by atoms with Gasteiger partial charge in [-0.3, -0.25) is 4.79 Å². The summed E-state index contributed by atoms with van der Waals surface area (Å²) in [6.07, 6.45) is 3.89. The predicted molar refractivity (Wildman–Crippen MR) is 134 cm³/mol. The van der Waals surface area contributed by atoms with Gasteiger partial charge < -0.3 is 19.4 Å². The number of rotatable bonds is 9. The van der Waals surface area contributed by atoms with Crippen molar-refractivity contribution in [2.75, 3.05) is 19.0 Å². The van der Waals surface area contributed by atoms with Gasteiger partial charge in [0.25, 0.3) is 5.56 Å². The number of fused-ring (bicyclic) bond motifs is 3. The monoisotopic (exact) mass is 445 g/mol. The second kappa shape index (κ2) is 9.94. The number of aryl methyl sites for hydroxylation is 1. The van der Waals surface area contributed by atoms with Crippen LogP contribution in [0.1, 0.15) is 32.3 Å². The Morgan fingerprint density at radius 3 is 2.52 bits per heavy atom. The normalized spacial score (nSPS) is 11.3. The second-order valence-electron chi connectivity index (χ2n) is 8.71. The van der Waals surface area contributed by atoms with Crippen molar-refractivity contribution in [3.63, 3.8) is 0 Å². The third-order valence-electron chi connectivity index (χ3n) is 5.90. The van der Waals surface area contributed by atoms with Gasteiger partial charge in [-0.15, -0.1) is 0 Å². The molecule has 33 heavy (non-hydrogen) atoms. The number of nitrogens with one attached hydrogen (secondary N) is 1. The number of aromatic nitrogens is 2. The second-order valence-corrected chi connectivity index (χ2v) is 8.71. The zero-order valence-electron chi connectivity index (χ0n) is 19.7. The summed E-state index contributed by atoms with van der Waals surface area (Å²) in [5, 5.41) is 5.81. The van der Waals surface area contributed by atoms with Gasteiger partial charge in [0.1, 0.15) is 17.3 Å². The van der Waals surface area contributed by atoms with Crippen molar-refractivity contribution in [2.24, 2.45) is 13.0 Å². The maximum absolute atomic E-state index is 13.3. The molecule has 0 radical (unpaired) electrons. The first-order valence-electron chi connectivity index (χ1n) is 11.4. The largest absolute Gasteiger partial charge is 0.497 e. The van der Waals surface area contributed by atoms with Gasteiger partial charge in [-0.25, -0.2) is 4.98 Å². The fourth-order valence-electron chi connectivity index (χ4n) is 4.03. The minimum atomic E-state index is -0.0835. The van der Waals surface area contributed by atoms with Crippen LogP contribution in [0.5, 0.6) is 11.5 Å². The summed E-state index contributed by atoms with van der Waals surface area (Å²) in [6, 6.07) is 15.7. The molecule has 2 heterocycles. The summed E-state index contributed by atoms with van der Waals surface area (Å²) < 4.78 is 12.8. The standard InChI is InChI=1S/C27H31N3O3/c1-18(2)6-5-15-33-21-11-12-22-23-13-14-28-26(25(23)27(31)30(3)24(22)16-21)29-17-19-7-9-20(32-4)10-8-19/h7-14,16,18H,5-6,15,17H2,1-4H3,(H,28,29). The first-order chi connectivity index (χ1) is 16.0. The maximum atomic E-state index is 13.3. The first-order valence-corrected chi connectivity index (χ1v) is 11.4. The van der Waals surface area contributed by atoms with Gasteiger partial charge in [-0.1, -0.05) is 26.0 Å². The van der Waals surface area contributed by atoms with E-state index in [9.17, 15) is 4.79 Å². The van der Waals surface area contributed by atoms with Gasteiger partial charge in [0.05, 0.1) is 24.6 Å². The van der Waals surface area contributed by atoms with Crippen LogP contribution in [0.3, 0.4) is 0 Å². The fraction of sp³-hybridized carbons (Fsp3) is 0.333. The molecule has 0 aliphatic rings. The number of methoxy groups -OCH3 is 1. The lowest BCUT2D eigenvalue weighted by Crippen LogP contribution is -2.19. The summed E-state index contributed by atoms with van der Waals surface area (Å²) in [4.78, 5) is 17.8. The maximum Gasteiger partial charge on any atom is 0.262 e. The molecule has 0 aliphatic carbocycles. The van der Waals surface area contributed by atoms with Gasteiger partial charge >= 0.3 is 0 Å². The first kappa shape index (κ1) is 22.6. The Bertz CT molecular complexity index is 1310. The van der Waals surface area contributed by atoms with E-state index in [1.165, 1.54) is 0 Å². The minimum Gasteiger partial charge on any atom is -0.497 e. The van der Waals surface area contributed by atoms with Crippen LogP contribution >= 0.6 is 0 Å². The van der Waals surface area contributed by atoms with Crippen molar-refractivity contribution in [1.82, 2.24) is 9.55 Å². The lowest BCUT2D eigenvalue weighted by Gasteiger charge is -2.14. The van der Waals surface area contributed by atoms with E-state index >= 15 is 0 Å². The number of ether oxygens (including phenoxy) is 2. The van der Waals surface area contributed by atoms with E-state index in [0.29, 0.717) is 30.3 Å². The highest BCUT2D eigenvalue weighted by atomic mass is 16.5. The average molecular weight is 446 g/mol. The predicted octanol–water partition coefficient (Wildman–Crippen LogP) is 5.52. The van der Waals surface area contributed by atoms with E-state index < -0.39 is 0 Å². The highest BCUT2D eigenvalue weighted by molar-refractivity contribution is 6.09. The van der Waals surface area contributed by atoms with E-state index in [1.54, 1.807) is 24.9 Å². The molecule has 6 heteroatoms. The molecule has 4 rings (SSSR count). The smallest absolute Gasteiger partial charge is 0.262 e. The van der Waals surface area contributed by atoms with Crippen LogP contribution in [0.25, 0.3) is 21.7 Å². The molecule has 6 nitrogen and oxygen atoms in total. The number of hydrogen-bond acceptors (Lipinski definition) is 5. The molecule has 0 spiro atoms. The van der Waals surface area contributed by atoms with Gasteiger partial charge in [0.15, 0.2) is 0 Å². The average Bonchev–Trinajstić information content (AvgIpc) is 2.83. The molecule has 0 saturated carbocycles. The van der Waals surface area contributed by atoms with E-state index in [0.717, 1.165) is 46.2 Å².